The number of hydrogen-bond donors (Lipinski definition) is 2. The van der Waals surface area contributed by atoms with Crippen molar-refractivity contribution in [3.05, 3.63) is 58.1 Å². The van der Waals surface area contributed by atoms with Crippen LogP contribution in [0.25, 0.3) is 0 Å². The molecule has 2 amide bonds. The Bertz CT molecular complexity index is 805. The van der Waals surface area contributed by atoms with Crippen molar-refractivity contribution in [1.82, 2.24) is 4.90 Å². The van der Waals surface area contributed by atoms with Gasteiger partial charge in [-0.25, -0.2) is 0 Å². The molecule has 5 heteroatoms. The molecule has 0 fully saturated rings. The second kappa shape index (κ2) is 7.38. The first-order valence-corrected chi connectivity index (χ1v) is 8.12. The highest BCUT2D eigenvalue weighted by molar-refractivity contribution is 6.01. The van der Waals surface area contributed by atoms with Crippen molar-refractivity contribution in [3.8, 4) is 5.75 Å². The van der Waals surface area contributed by atoms with Crippen LogP contribution in [-0.2, 0) is 4.79 Å². The molecule has 0 aliphatic heterocycles. The molecule has 0 saturated carbocycles. The third-order valence-corrected chi connectivity index (χ3v) is 4.05. The smallest absolute Gasteiger partial charge is 0.257 e. The fraction of sp³-hybridized carbons (Fsp3) is 0.300. The van der Waals surface area contributed by atoms with Crippen LogP contribution >= 0.6 is 0 Å². The second-order valence-electron chi connectivity index (χ2n) is 6.50. The SMILES string of the molecule is Cc1cc(C)c(NC(=O)CN(C)C(=O)c2cc(C)ccc2O)c(C)c1. The average Bonchev–Trinajstić information content (AvgIpc) is 2.52. The van der Waals surface area contributed by atoms with Crippen LogP contribution in [-0.4, -0.2) is 35.4 Å². The molecule has 0 aromatic heterocycles. The van der Waals surface area contributed by atoms with E-state index < -0.39 is 5.91 Å². The normalized spacial score (nSPS) is 10.4. The maximum absolute atomic E-state index is 12.5. The molecule has 0 aliphatic carbocycles. The van der Waals surface area contributed by atoms with Crippen molar-refractivity contribution in [2.24, 2.45) is 0 Å². The number of rotatable bonds is 4. The number of likely N-dealkylation sites (N-methyl/N-ethyl adjacent to an activating group) is 1. The van der Waals surface area contributed by atoms with Crippen molar-refractivity contribution in [3.63, 3.8) is 0 Å². The van der Waals surface area contributed by atoms with Gasteiger partial charge in [-0.3, -0.25) is 9.59 Å². The van der Waals surface area contributed by atoms with Crippen LogP contribution in [0.1, 0.15) is 32.6 Å². The third-order valence-electron chi connectivity index (χ3n) is 4.05. The number of phenols is 1. The summed E-state index contributed by atoms with van der Waals surface area (Å²) < 4.78 is 0. The maximum Gasteiger partial charge on any atom is 0.257 e. The zero-order valence-electron chi connectivity index (χ0n) is 15.3. The van der Waals surface area contributed by atoms with Crippen LogP contribution in [0.5, 0.6) is 5.75 Å². The number of carbonyl (C=O) groups excluding carboxylic acids is 2. The molecule has 2 rings (SSSR count). The van der Waals surface area contributed by atoms with Gasteiger partial charge in [-0.1, -0.05) is 29.3 Å². The number of nitrogens with one attached hydrogen (secondary N) is 1. The molecule has 0 bridgehead atoms. The van der Waals surface area contributed by atoms with Crippen LogP contribution in [0.4, 0.5) is 5.69 Å². The molecule has 0 unspecified atom stereocenters. The average molecular weight is 340 g/mol. The molecular formula is C20H24N2O3. The maximum atomic E-state index is 12.5. The zero-order valence-corrected chi connectivity index (χ0v) is 15.3. The summed E-state index contributed by atoms with van der Waals surface area (Å²) >= 11 is 0. The predicted octanol–water partition coefficient (Wildman–Crippen LogP) is 3.34. The number of nitrogens with zero attached hydrogens (tertiary/aromatic N) is 1. The van der Waals surface area contributed by atoms with E-state index >= 15 is 0 Å². The second-order valence-corrected chi connectivity index (χ2v) is 6.50. The van der Waals surface area contributed by atoms with Crippen LogP contribution in [0.2, 0.25) is 0 Å². The minimum atomic E-state index is -0.395. The molecule has 25 heavy (non-hydrogen) atoms. The third kappa shape index (κ3) is 4.38. The van der Waals surface area contributed by atoms with Gasteiger partial charge in [0, 0.05) is 12.7 Å². The Labute approximate surface area is 148 Å². The lowest BCUT2D eigenvalue weighted by Gasteiger charge is -2.19. The molecule has 0 heterocycles. The predicted molar refractivity (Wildman–Crippen MR) is 99.1 cm³/mol. The number of hydrogen-bond acceptors (Lipinski definition) is 3. The van der Waals surface area contributed by atoms with Crippen molar-refractivity contribution >= 4 is 17.5 Å². The van der Waals surface area contributed by atoms with E-state index in [0.717, 1.165) is 27.9 Å². The summed E-state index contributed by atoms with van der Waals surface area (Å²) in [6, 6.07) is 8.82. The van der Waals surface area contributed by atoms with Gasteiger partial charge in [-0.05, 0) is 51.0 Å². The van der Waals surface area contributed by atoms with Gasteiger partial charge in [0.2, 0.25) is 5.91 Å². The molecule has 2 N–H and O–H groups in total. The summed E-state index contributed by atoms with van der Waals surface area (Å²) in [6.07, 6.45) is 0. The number of carbonyl (C=O) groups is 2. The largest absolute Gasteiger partial charge is 0.507 e. The zero-order chi connectivity index (χ0) is 18.7. The topological polar surface area (TPSA) is 69.6 Å². The van der Waals surface area contributed by atoms with E-state index in [1.165, 1.54) is 11.0 Å². The number of anilines is 1. The van der Waals surface area contributed by atoms with Gasteiger partial charge in [0.05, 0.1) is 12.1 Å². The summed E-state index contributed by atoms with van der Waals surface area (Å²) in [7, 11) is 1.54. The lowest BCUT2D eigenvalue weighted by molar-refractivity contribution is -0.116. The number of amides is 2. The van der Waals surface area contributed by atoms with Gasteiger partial charge in [-0.2, -0.15) is 0 Å². The number of phenolic OH excluding ortho intramolecular Hbond substituents is 1. The fourth-order valence-electron chi connectivity index (χ4n) is 2.87. The highest BCUT2D eigenvalue weighted by atomic mass is 16.3. The first-order valence-electron chi connectivity index (χ1n) is 8.12. The lowest BCUT2D eigenvalue weighted by atomic mass is 10.1. The van der Waals surface area contributed by atoms with E-state index in [9.17, 15) is 14.7 Å². The Morgan fingerprint density at radius 1 is 1.00 bits per heavy atom. The monoisotopic (exact) mass is 340 g/mol. The van der Waals surface area contributed by atoms with E-state index in [-0.39, 0.29) is 23.8 Å². The number of aromatic hydroxyl groups is 1. The van der Waals surface area contributed by atoms with E-state index in [2.05, 4.69) is 5.32 Å². The number of aryl methyl sites for hydroxylation is 4. The molecular weight excluding hydrogens is 316 g/mol. The standard InChI is InChI=1S/C20H24N2O3/c1-12-6-7-17(23)16(10-12)20(25)22(5)11-18(24)21-19-14(3)8-13(2)9-15(19)4/h6-10,23H,11H2,1-5H3,(H,21,24). The quantitative estimate of drug-likeness (QED) is 0.897. The first-order chi connectivity index (χ1) is 11.7. The Morgan fingerprint density at radius 3 is 2.20 bits per heavy atom. The molecule has 0 aliphatic rings. The van der Waals surface area contributed by atoms with Gasteiger partial charge in [0.15, 0.2) is 0 Å². The summed E-state index contributed by atoms with van der Waals surface area (Å²) in [4.78, 5) is 26.1. The van der Waals surface area contributed by atoms with Crippen LogP contribution < -0.4 is 5.32 Å². The Balaban J connectivity index is 2.10. The molecule has 0 atom stereocenters. The lowest BCUT2D eigenvalue weighted by Crippen LogP contribution is -2.35. The molecule has 0 saturated heterocycles. The molecule has 2 aromatic carbocycles. The molecule has 0 radical (unpaired) electrons. The first kappa shape index (κ1) is 18.5. The van der Waals surface area contributed by atoms with Crippen molar-refractivity contribution in [2.75, 3.05) is 18.9 Å². The van der Waals surface area contributed by atoms with E-state index in [0.29, 0.717) is 0 Å². The summed E-state index contributed by atoms with van der Waals surface area (Å²) in [5.41, 5.74) is 4.93. The Morgan fingerprint density at radius 2 is 1.60 bits per heavy atom. The van der Waals surface area contributed by atoms with Crippen molar-refractivity contribution < 1.29 is 14.7 Å². The molecule has 0 spiro atoms. The Hall–Kier alpha value is -2.82. The fourth-order valence-corrected chi connectivity index (χ4v) is 2.87. The summed E-state index contributed by atoms with van der Waals surface area (Å²) in [5, 5.41) is 12.7. The Kier molecular flexibility index (Phi) is 5.47. The highest BCUT2D eigenvalue weighted by Crippen LogP contribution is 2.22. The number of benzene rings is 2. The van der Waals surface area contributed by atoms with Gasteiger partial charge in [-0.15, -0.1) is 0 Å². The van der Waals surface area contributed by atoms with E-state index in [4.69, 9.17) is 0 Å². The highest BCUT2D eigenvalue weighted by Gasteiger charge is 2.19. The van der Waals surface area contributed by atoms with E-state index in [1.54, 1.807) is 19.2 Å². The molecule has 2 aromatic rings. The minimum Gasteiger partial charge on any atom is -0.507 e. The minimum absolute atomic E-state index is 0.0897. The van der Waals surface area contributed by atoms with Crippen LogP contribution in [0.3, 0.4) is 0 Å². The molecule has 5 nitrogen and oxygen atoms in total. The van der Waals surface area contributed by atoms with Gasteiger partial charge in [0.1, 0.15) is 5.75 Å². The summed E-state index contributed by atoms with van der Waals surface area (Å²) in [6.45, 7) is 7.63. The van der Waals surface area contributed by atoms with Crippen molar-refractivity contribution in [1.29, 1.82) is 0 Å². The van der Waals surface area contributed by atoms with Gasteiger partial charge in [0.25, 0.3) is 5.91 Å². The van der Waals surface area contributed by atoms with Gasteiger partial charge >= 0.3 is 0 Å². The van der Waals surface area contributed by atoms with Crippen molar-refractivity contribution in [2.45, 2.75) is 27.7 Å². The van der Waals surface area contributed by atoms with Crippen LogP contribution in [0.15, 0.2) is 30.3 Å². The van der Waals surface area contributed by atoms with Gasteiger partial charge < -0.3 is 15.3 Å². The van der Waals surface area contributed by atoms with Crippen LogP contribution in [0, 0.1) is 27.7 Å². The summed E-state index contributed by atoms with van der Waals surface area (Å²) in [5.74, 6) is -0.764. The van der Waals surface area contributed by atoms with E-state index in [1.807, 2.05) is 39.8 Å². The molecule has 132 valence electrons.